The second kappa shape index (κ2) is 6.78. The summed E-state index contributed by atoms with van der Waals surface area (Å²) in [6, 6.07) is 5.91. The lowest BCUT2D eigenvalue weighted by Gasteiger charge is -2.17. The summed E-state index contributed by atoms with van der Waals surface area (Å²) in [4.78, 5) is 2.43. The van der Waals surface area contributed by atoms with E-state index < -0.39 is 0 Å². The highest BCUT2D eigenvalue weighted by atomic mass is 16.5. The smallest absolute Gasteiger partial charge is 0.161 e. The summed E-state index contributed by atoms with van der Waals surface area (Å²) in [6.07, 6.45) is 2.62. The third-order valence-electron chi connectivity index (χ3n) is 3.58. The Labute approximate surface area is 115 Å². The van der Waals surface area contributed by atoms with Crippen LogP contribution in [-0.4, -0.2) is 38.3 Å². The number of nitrogens with zero attached hydrogens (tertiary/aromatic N) is 1. The molecular weight excluding hydrogens is 240 g/mol. The highest BCUT2D eigenvalue weighted by molar-refractivity contribution is 5.43. The van der Waals surface area contributed by atoms with Crippen molar-refractivity contribution < 1.29 is 9.47 Å². The van der Waals surface area contributed by atoms with Crippen LogP contribution in [0.1, 0.15) is 31.4 Å². The minimum absolute atomic E-state index is 0.00699. The monoisotopic (exact) mass is 264 g/mol. The normalized spacial score (nSPS) is 17.4. The highest BCUT2D eigenvalue weighted by Crippen LogP contribution is 2.29. The number of hydrogen-bond acceptors (Lipinski definition) is 4. The summed E-state index contributed by atoms with van der Waals surface area (Å²) < 4.78 is 11.2. The van der Waals surface area contributed by atoms with Crippen LogP contribution >= 0.6 is 0 Å². The zero-order valence-corrected chi connectivity index (χ0v) is 11.9. The second-order valence-electron chi connectivity index (χ2n) is 5.10. The molecule has 106 valence electrons. The minimum Gasteiger partial charge on any atom is -0.493 e. The van der Waals surface area contributed by atoms with Gasteiger partial charge in [0.05, 0.1) is 7.11 Å². The molecule has 1 saturated heterocycles. The van der Waals surface area contributed by atoms with Crippen LogP contribution in [0, 0.1) is 0 Å². The molecule has 0 bridgehead atoms. The summed E-state index contributed by atoms with van der Waals surface area (Å²) in [5.74, 6) is 1.56. The second-order valence-corrected chi connectivity index (χ2v) is 5.10. The maximum Gasteiger partial charge on any atom is 0.161 e. The van der Waals surface area contributed by atoms with Crippen molar-refractivity contribution in [1.82, 2.24) is 4.90 Å². The minimum atomic E-state index is 0.00699. The van der Waals surface area contributed by atoms with Gasteiger partial charge in [0.1, 0.15) is 6.61 Å². The van der Waals surface area contributed by atoms with Gasteiger partial charge in [0, 0.05) is 12.6 Å². The maximum atomic E-state index is 5.87. The van der Waals surface area contributed by atoms with Crippen LogP contribution < -0.4 is 15.2 Å². The van der Waals surface area contributed by atoms with E-state index in [-0.39, 0.29) is 6.04 Å². The largest absolute Gasteiger partial charge is 0.493 e. The molecule has 1 heterocycles. The Balaban J connectivity index is 1.91. The van der Waals surface area contributed by atoms with Crippen LogP contribution in [0.25, 0.3) is 0 Å². The van der Waals surface area contributed by atoms with Gasteiger partial charge in [-0.3, -0.25) is 4.90 Å². The Morgan fingerprint density at radius 3 is 2.63 bits per heavy atom. The van der Waals surface area contributed by atoms with E-state index in [1.54, 1.807) is 7.11 Å². The first-order valence-corrected chi connectivity index (χ1v) is 6.99. The number of benzene rings is 1. The van der Waals surface area contributed by atoms with Gasteiger partial charge in [0.2, 0.25) is 0 Å². The van der Waals surface area contributed by atoms with E-state index in [0.717, 1.165) is 23.6 Å². The van der Waals surface area contributed by atoms with Gasteiger partial charge in [0.15, 0.2) is 11.5 Å². The van der Waals surface area contributed by atoms with Gasteiger partial charge in [-0.05, 0) is 50.6 Å². The Morgan fingerprint density at radius 1 is 1.26 bits per heavy atom. The Kier molecular flexibility index (Phi) is 5.05. The Hall–Kier alpha value is -1.26. The van der Waals surface area contributed by atoms with Crippen molar-refractivity contribution in [1.29, 1.82) is 0 Å². The lowest BCUT2D eigenvalue weighted by Crippen LogP contribution is -2.25. The molecule has 0 aromatic heterocycles. The fraction of sp³-hybridized carbons (Fsp3) is 0.600. The van der Waals surface area contributed by atoms with E-state index in [1.165, 1.54) is 25.9 Å². The third kappa shape index (κ3) is 3.85. The van der Waals surface area contributed by atoms with Gasteiger partial charge >= 0.3 is 0 Å². The number of rotatable bonds is 6. The molecule has 1 aromatic rings. The van der Waals surface area contributed by atoms with E-state index in [1.807, 2.05) is 25.1 Å². The lowest BCUT2D eigenvalue weighted by atomic mass is 10.1. The first-order valence-electron chi connectivity index (χ1n) is 6.99. The van der Waals surface area contributed by atoms with Gasteiger partial charge in [-0.25, -0.2) is 0 Å². The molecule has 2 N–H and O–H groups in total. The molecule has 19 heavy (non-hydrogen) atoms. The topological polar surface area (TPSA) is 47.7 Å². The predicted molar refractivity (Wildman–Crippen MR) is 76.8 cm³/mol. The first-order chi connectivity index (χ1) is 9.20. The van der Waals surface area contributed by atoms with Crippen molar-refractivity contribution in [2.45, 2.75) is 25.8 Å². The predicted octanol–water partition coefficient (Wildman–Crippen LogP) is 2.19. The maximum absolute atomic E-state index is 5.87. The van der Waals surface area contributed by atoms with Gasteiger partial charge in [0.25, 0.3) is 0 Å². The SMILES string of the molecule is COc1cc([C@H](C)N)ccc1OCCN1CCCC1. The fourth-order valence-corrected chi connectivity index (χ4v) is 2.38. The molecule has 4 heteroatoms. The number of ether oxygens (including phenoxy) is 2. The molecule has 1 atom stereocenters. The van der Waals surface area contributed by atoms with Gasteiger partial charge in [-0.1, -0.05) is 6.07 Å². The van der Waals surface area contributed by atoms with Crippen molar-refractivity contribution >= 4 is 0 Å². The zero-order chi connectivity index (χ0) is 13.7. The number of likely N-dealkylation sites (tertiary alicyclic amines) is 1. The number of hydrogen-bond donors (Lipinski definition) is 1. The van der Waals surface area contributed by atoms with E-state index in [2.05, 4.69) is 4.90 Å². The molecule has 4 nitrogen and oxygen atoms in total. The molecule has 0 unspecified atom stereocenters. The highest BCUT2D eigenvalue weighted by Gasteiger charge is 2.12. The first kappa shape index (κ1) is 14.2. The summed E-state index contributed by atoms with van der Waals surface area (Å²) in [6.45, 7) is 6.04. The molecular formula is C15H24N2O2. The summed E-state index contributed by atoms with van der Waals surface area (Å²) in [7, 11) is 1.66. The van der Waals surface area contributed by atoms with E-state index in [4.69, 9.17) is 15.2 Å². The summed E-state index contributed by atoms with van der Waals surface area (Å²) in [5, 5.41) is 0. The molecule has 0 aliphatic carbocycles. The van der Waals surface area contributed by atoms with E-state index >= 15 is 0 Å². The average Bonchev–Trinajstić information content (AvgIpc) is 2.92. The molecule has 1 aromatic carbocycles. The lowest BCUT2D eigenvalue weighted by molar-refractivity contribution is 0.230. The van der Waals surface area contributed by atoms with Gasteiger partial charge in [-0.2, -0.15) is 0 Å². The van der Waals surface area contributed by atoms with E-state index in [0.29, 0.717) is 6.61 Å². The quantitative estimate of drug-likeness (QED) is 0.855. The van der Waals surface area contributed by atoms with Crippen molar-refractivity contribution in [2.75, 3.05) is 33.4 Å². The molecule has 1 aliphatic rings. The van der Waals surface area contributed by atoms with Crippen LogP contribution in [0.4, 0.5) is 0 Å². The molecule has 0 spiro atoms. The third-order valence-corrected chi connectivity index (χ3v) is 3.58. The average molecular weight is 264 g/mol. The molecule has 0 saturated carbocycles. The van der Waals surface area contributed by atoms with Gasteiger partial charge < -0.3 is 15.2 Å². The number of nitrogens with two attached hydrogens (primary N) is 1. The summed E-state index contributed by atoms with van der Waals surface area (Å²) >= 11 is 0. The molecule has 1 aliphatic heterocycles. The number of methoxy groups -OCH3 is 1. The zero-order valence-electron chi connectivity index (χ0n) is 11.9. The molecule has 0 radical (unpaired) electrons. The summed E-state index contributed by atoms with van der Waals surface area (Å²) in [5.41, 5.74) is 6.93. The van der Waals surface area contributed by atoms with Crippen LogP contribution in [0.3, 0.4) is 0 Å². The van der Waals surface area contributed by atoms with Crippen molar-refractivity contribution in [2.24, 2.45) is 5.73 Å². The van der Waals surface area contributed by atoms with E-state index in [9.17, 15) is 0 Å². The molecule has 1 fully saturated rings. The van der Waals surface area contributed by atoms with Crippen molar-refractivity contribution in [3.63, 3.8) is 0 Å². The Morgan fingerprint density at radius 2 is 2.00 bits per heavy atom. The fourth-order valence-electron chi connectivity index (χ4n) is 2.38. The molecule has 0 amide bonds. The van der Waals surface area contributed by atoms with Crippen LogP contribution in [0.2, 0.25) is 0 Å². The van der Waals surface area contributed by atoms with Gasteiger partial charge in [-0.15, -0.1) is 0 Å². The standard InChI is InChI=1S/C15H24N2O2/c1-12(16)13-5-6-14(15(11-13)18-2)19-10-9-17-7-3-4-8-17/h5-6,11-12H,3-4,7-10,16H2,1-2H3/t12-/m0/s1. The van der Waals surface area contributed by atoms with Crippen LogP contribution in [-0.2, 0) is 0 Å². The van der Waals surface area contributed by atoms with Crippen molar-refractivity contribution in [3.8, 4) is 11.5 Å². The van der Waals surface area contributed by atoms with Crippen molar-refractivity contribution in [3.05, 3.63) is 23.8 Å². The van der Waals surface area contributed by atoms with Crippen LogP contribution in [0.5, 0.6) is 11.5 Å². The van der Waals surface area contributed by atoms with Crippen LogP contribution in [0.15, 0.2) is 18.2 Å². The Bertz CT molecular complexity index is 401. The molecule has 2 rings (SSSR count).